The van der Waals surface area contributed by atoms with Crippen molar-refractivity contribution in [3.63, 3.8) is 0 Å². The maximum absolute atomic E-state index is 11.3. The number of carbonyl (C=O) groups excluding carboxylic acids is 1. The fourth-order valence-electron chi connectivity index (χ4n) is 2.07. The van der Waals surface area contributed by atoms with Crippen LogP contribution in [0, 0.1) is 6.92 Å². The summed E-state index contributed by atoms with van der Waals surface area (Å²) in [5.41, 5.74) is 3.58. The van der Waals surface area contributed by atoms with Crippen molar-refractivity contribution in [3.8, 4) is 0 Å². The van der Waals surface area contributed by atoms with Gasteiger partial charge in [0.1, 0.15) is 0 Å². The molecule has 2 heteroatoms. The van der Waals surface area contributed by atoms with Crippen LogP contribution in [0.3, 0.4) is 0 Å². The van der Waals surface area contributed by atoms with Gasteiger partial charge in [-0.2, -0.15) is 0 Å². The summed E-state index contributed by atoms with van der Waals surface area (Å²) in [6.45, 7) is 5.10. The minimum Gasteiger partial charge on any atom is -0.345 e. The first-order chi connectivity index (χ1) is 7.70. The van der Waals surface area contributed by atoms with Crippen LogP contribution in [-0.4, -0.2) is 12.3 Å². The minimum atomic E-state index is 0.251. The molecule has 0 aliphatic heterocycles. The highest BCUT2D eigenvalue weighted by Crippen LogP contribution is 2.25. The van der Waals surface area contributed by atoms with E-state index < -0.39 is 0 Å². The second-order valence-corrected chi connectivity index (χ2v) is 4.18. The molecule has 1 aliphatic carbocycles. The Hall–Kier alpha value is -1.57. The van der Waals surface area contributed by atoms with Crippen LogP contribution in [0.25, 0.3) is 0 Å². The number of allylic oxidation sites excluding steroid dienone is 2. The molecule has 0 saturated carbocycles. The predicted molar refractivity (Wildman–Crippen MR) is 66.5 cm³/mol. The number of benzene rings is 1. The van der Waals surface area contributed by atoms with Gasteiger partial charge in [-0.05, 0) is 32.4 Å². The molecule has 1 aromatic carbocycles. The van der Waals surface area contributed by atoms with Crippen LogP contribution >= 0.6 is 0 Å². The smallest absolute Gasteiger partial charge is 0.157 e. The van der Waals surface area contributed by atoms with E-state index >= 15 is 0 Å². The number of anilines is 1. The van der Waals surface area contributed by atoms with E-state index in [9.17, 15) is 4.79 Å². The molecule has 2 rings (SSSR count). The van der Waals surface area contributed by atoms with Crippen LogP contribution in [0.5, 0.6) is 0 Å². The number of rotatable bonds is 3. The average Bonchev–Trinajstić information content (AvgIpc) is 2.69. The van der Waals surface area contributed by atoms with Crippen LogP contribution in [0.2, 0.25) is 0 Å². The number of aryl methyl sites for hydroxylation is 1. The molecule has 0 spiro atoms. The SMILES string of the molecule is CCN(C1=CC(=O)CC1)c1ccc(C)cc1. The fraction of sp³-hybridized carbons (Fsp3) is 0.357. The Kier molecular flexibility index (Phi) is 3.09. The van der Waals surface area contributed by atoms with Crippen molar-refractivity contribution < 1.29 is 4.79 Å². The van der Waals surface area contributed by atoms with E-state index in [0.29, 0.717) is 6.42 Å². The van der Waals surface area contributed by atoms with Gasteiger partial charge in [0, 0.05) is 30.4 Å². The molecular formula is C14H17NO. The van der Waals surface area contributed by atoms with Gasteiger partial charge in [0.2, 0.25) is 0 Å². The molecule has 0 fully saturated rings. The highest BCUT2D eigenvalue weighted by molar-refractivity contribution is 5.93. The van der Waals surface area contributed by atoms with E-state index in [-0.39, 0.29) is 5.78 Å². The lowest BCUT2D eigenvalue weighted by molar-refractivity contribution is -0.114. The number of hydrogen-bond acceptors (Lipinski definition) is 2. The van der Waals surface area contributed by atoms with Gasteiger partial charge in [-0.15, -0.1) is 0 Å². The van der Waals surface area contributed by atoms with Crippen LogP contribution in [0.4, 0.5) is 5.69 Å². The first-order valence-corrected chi connectivity index (χ1v) is 5.78. The summed E-state index contributed by atoms with van der Waals surface area (Å²) in [5, 5.41) is 0. The van der Waals surface area contributed by atoms with Crippen molar-refractivity contribution in [2.24, 2.45) is 0 Å². The lowest BCUT2D eigenvalue weighted by atomic mass is 10.2. The largest absolute Gasteiger partial charge is 0.345 e. The zero-order chi connectivity index (χ0) is 11.5. The molecule has 0 N–H and O–H groups in total. The first-order valence-electron chi connectivity index (χ1n) is 5.78. The molecule has 1 aliphatic rings. The summed E-state index contributed by atoms with van der Waals surface area (Å²) in [6.07, 6.45) is 3.32. The predicted octanol–water partition coefficient (Wildman–Crippen LogP) is 3.07. The van der Waals surface area contributed by atoms with Gasteiger partial charge >= 0.3 is 0 Å². The third-order valence-electron chi connectivity index (χ3n) is 2.96. The quantitative estimate of drug-likeness (QED) is 0.772. The summed E-state index contributed by atoms with van der Waals surface area (Å²) in [7, 11) is 0. The third kappa shape index (κ3) is 2.16. The standard InChI is InChI=1S/C14H17NO/c1-3-15(13-8-9-14(16)10-13)12-6-4-11(2)5-7-12/h4-7,10H,3,8-9H2,1-2H3. The summed E-state index contributed by atoms with van der Waals surface area (Å²) in [4.78, 5) is 13.5. The summed E-state index contributed by atoms with van der Waals surface area (Å²) < 4.78 is 0. The summed E-state index contributed by atoms with van der Waals surface area (Å²) >= 11 is 0. The molecule has 1 aromatic rings. The summed E-state index contributed by atoms with van der Waals surface area (Å²) in [6, 6.07) is 8.44. The maximum atomic E-state index is 11.3. The Balaban J connectivity index is 2.26. The zero-order valence-electron chi connectivity index (χ0n) is 9.86. The Labute approximate surface area is 96.6 Å². The van der Waals surface area contributed by atoms with Crippen molar-refractivity contribution in [1.29, 1.82) is 0 Å². The zero-order valence-corrected chi connectivity index (χ0v) is 9.86. The molecule has 0 amide bonds. The molecule has 16 heavy (non-hydrogen) atoms. The van der Waals surface area contributed by atoms with Gasteiger partial charge in [-0.25, -0.2) is 0 Å². The van der Waals surface area contributed by atoms with Crippen LogP contribution in [0.15, 0.2) is 36.0 Å². The van der Waals surface area contributed by atoms with E-state index in [1.165, 1.54) is 11.3 Å². The second-order valence-electron chi connectivity index (χ2n) is 4.18. The van der Waals surface area contributed by atoms with Crippen LogP contribution in [0.1, 0.15) is 25.3 Å². The molecule has 84 valence electrons. The number of hydrogen-bond donors (Lipinski definition) is 0. The van der Waals surface area contributed by atoms with Gasteiger partial charge in [0.25, 0.3) is 0 Å². The number of ketones is 1. The monoisotopic (exact) mass is 215 g/mol. The Bertz CT molecular complexity index is 417. The van der Waals surface area contributed by atoms with E-state index in [0.717, 1.165) is 18.7 Å². The molecule has 0 aromatic heterocycles. The minimum absolute atomic E-state index is 0.251. The van der Waals surface area contributed by atoms with Crippen molar-refractivity contribution in [3.05, 3.63) is 41.6 Å². The Morgan fingerprint density at radius 3 is 2.38 bits per heavy atom. The van der Waals surface area contributed by atoms with E-state index in [4.69, 9.17) is 0 Å². The number of nitrogens with zero attached hydrogens (tertiary/aromatic N) is 1. The molecule has 0 atom stereocenters. The van der Waals surface area contributed by atoms with Gasteiger partial charge in [-0.1, -0.05) is 17.7 Å². The van der Waals surface area contributed by atoms with E-state index in [1.54, 1.807) is 6.08 Å². The molecule has 2 nitrogen and oxygen atoms in total. The van der Waals surface area contributed by atoms with Gasteiger partial charge in [0.05, 0.1) is 0 Å². The molecule has 0 saturated heterocycles. The lowest BCUT2D eigenvalue weighted by Crippen LogP contribution is -2.20. The number of carbonyl (C=O) groups is 1. The highest BCUT2D eigenvalue weighted by atomic mass is 16.1. The third-order valence-corrected chi connectivity index (χ3v) is 2.96. The molecular weight excluding hydrogens is 198 g/mol. The van der Waals surface area contributed by atoms with Crippen molar-refractivity contribution in [1.82, 2.24) is 0 Å². The van der Waals surface area contributed by atoms with Gasteiger partial charge < -0.3 is 4.90 Å². The van der Waals surface area contributed by atoms with Crippen molar-refractivity contribution in [2.75, 3.05) is 11.4 Å². The highest BCUT2D eigenvalue weighted by Gasteiger charge is 2.17. The van der Waals surface area contributed by atoms with Crippen LogP contribution in [-0.2, 0) is 4.79 Å². The fourth-order valence-corrected chi connectivity index (χ4v) is 2.07. The summed E-state index contributed by atoms with van der Waals surface area (Å²) in [5.74, 6) is 0.251. The van der Waals surface area contributed by atoms with Crippen molar-refractivity contribution >= 4 is 11.5 Å². The van der Waals surface area contributed by atoms with Crippen LogP contribution < -0.4 is 4.90 Å². The van der Waals surface area contributed by atoms with E-state index in [1.807, 2.05) is 0 Å². The van der Waals surface area contributed by atoms with E-state index in [2.05, 4.69) is 43.0 Å². The van der Waals surface area contributed by atoms with Crippen molar-refractivity contribution in [2.45, 2.75) is 26.7 Å². The average molecular weight is 215 g/mol. The molecule has 0 radical (unpaired) electrons. The molecule has 0 unspecified atom stereocenters. The topological polar surface area (TPSA) is 20.3 Å². The Morgan fingerprint density at radius 2 is 1.88 bits per heavy atom. The van der Waals surface area contributed by atoms with Gasteiger partial charge in [-0.3, -0.25) is 4.79 Å². The first kappa shape index (κ1) is 10.9. The molecule has 0 bridgehead atoms. The second kappa shape index (κ2) is 4.52. The molecule has 0 heterocycles. The Morgan fingerprint density at radius 1 is 1.19 bits per heavy atom. The lowest BCUT2D eigenvalue weighted by Gasteiger charge is -2.24. The maximum Gasteiger partial charge on any atom is 0.157 e. The van der Waals surface area contributed by atoms with Gasteiger partial charge in [0.15, 0.2) is 5.78 Å². The normalized spacial score (nSPS) is 15.1.